The van der Waals surface area contributed by atoms with Gasteiger partial charge < -0.3 is 10.2 Å². The fraction of sp³-hybridized carbons (Fsp3) is 0.200. The molecule has 0 fully saturated rings. The van der Waals surface area contributed by atoms with Crippen molar-refractivity contribution in [2.24, 2.45) is 0 Å². The molecule has 0 radical (unpaired) electrons. The maximum absolute atomic E-state index is 11.3. The van der Waals surface area contributed by atoms with E-state index in [1.54, 1.807) is 6.92 Å². The predicted molar refractivity (Wildman–Crippen MR) is 54.6 cm³/mol. The monoisotopic (exact) mass is 228 g/mol. The molecule has 0 amide bonds. The predicted octanol–water partition coefficient (Wildman–Crippen LogP) is 1.93. The van der Waals surface area contributed by atoms with E-state index in [-0.39, 0.29) is 21.9 Å². The van der Waals surface area contributed by atoms with Crippen molar-refractivity contribution in [2.45, 2.75) is 13.8 Å². The van der Waals surface area contributed by atoms with Crippen LogP contribution in [-0.2, 0) is 4.79 Å². The molecular weight excluding hydrogens is 220 g/mol. The van der Waals surface area contributed by atoms with E-state index in [0.29, 0.717) is 5.56 Å². The zero-order valence-corrected chi connectivity index (χ0v) is 8.92. The van der Waals surface area contributed by atoms with Crippen LogP contribution in [0.4, 0.5) is 0 Å². The third kappa shape index (κ3) is 1.94. The molecule has 0 unspecified atom stereocenters. The van der Waals surface area contributed by atoms with E-state index in [0.717, 1.165) is 0 Å². The van der Waals surface area contributed by atoms with Crippen LogP contribution in [0.2, 0.25) is 5.02 Å². The number of ketones is 1. The van der Waals surface area contributed by atoms with Crippen molar-refractivity contribution in [3.8, 4) is 5.75 Å². The first-order chi connectivity index (χ1) is 6.86. The van der Waals surface area contributed by atoms with Gasteiger partial charge in [0.25, 0.3) is 5.78 Å². The maximum Gasteiger partial charge on any atom is 0.377 e. The maximum atomic E-state index is 11.3. The van der Waals surface area contributed by atoms with Crippen molar-refractivity contribution in [2.75, 3.05) is 0 Å². The summed E-state index contributed by atoms with van der Waals surface area (Å²) in [6.45, 7) is 3.02. The summed E-state index contributed by atoms with van der Waals surface area (Å²) >= 11 is 5.78. The Labute approximate surface area is 91.1 Å². The van der Waals surface area contributed by atoms with Gasteiger partial charge in [-0.25, -0.2) is 4.79 Å². The normalized spacial score (nSPS) is 10.1. The smallest absolute Gasteiger partial charge is 0.377 e. The second-order valence-corrected chi connectivity index (χ2v) is 3.57. The molecule has 0 saturated heterocycles. The zero-order valence-electron chi connectivity index (χ0n) is 8.17. The fourth-order valence-corrected chi connectivity index (χ4v) is 1.50. The lowest BCUT2D eigenvalue weighted by Gasteiger charge is -2.09. The van der Waals surface area contributed by atoms with Crippen LogP contribution in [0.15, 0.2) is 6.07 Å². The van der Waals surface area contributed by atoms with Crippen LogP contribution in [0, 0.1) is 13.8 Å². The summed E-state index contributed by atoms with van der Waals surface area (Å²) in [4.78, 5) is 21.8. The molecule has 1 rings (SSSR count). The third-order valence-electron chi connectivity index (χ3n) is 2.11. The summed E-state index contributed by atoms with van der Waals surface area (Å²) in [5.41, 5.74) is 0.398. The highest BCUT2D eigenvalue weighted by Gasteiger charge is 2.23. The van der Waals surface area contributed by atoms with E-state index in [9.17, 15) is 14.7 Å². The first kappa shape index (κ1) is 11.5. The third-order valence-corrected chi connectivity index (χ3v) is 2.50. The number of carboxylic acid groups (broad SMARTS) is 1. The van der Waals surface area contributed by atoms with Crippen LogP contribution in [0.25, 0.3) is 0 Å². The molecule has 0 aromatic heterocycles. The van der Waals surface area contributed by atoms with Crippen molar-refractivity contribution in [3.05, 3.63) is 27.8 Å². The van der Waals surface area contributed by atoms with Crippen LogP contribution in [-0.4, -0.2) is 22.0 Å². The van der Waals surface area contributed by atoms with Gasteiger partial charge in [-0.1, -0.05) is 11.6 Å². The lowest BCUT2D eigenvalue weighted by Crippen LogP contribution is -2.15. The SMILES string of the molecule is Cc1cc(Cl)c(C)c(C(=O)C(=O)O)c1O. The van der Waals surface area contributed by atoms with Gasteiger partial charge in [0.05, 0.1) is 5.56 Å². The Hall–Kier alpha value is -1.55. The molecule has 15 heavy (non-hydrogen) atoms. The van der Waals surface area contributed by atoms with Gasteiger partial charge in [0, 0.05) is 5.02 Å². The van der Waals surface area contributed by atoms with Gasteiger partial charge in [0.15, 0.2) is 0 Å². The van der Waals surface area contributed by atoms with Crippen LogP contribution in [0.3, 0.4) is 0 Å². The molecule has 1 aromatic carbocycles. The highest BCUT2D eigenvalue weighted by Crippen LogP contribution is 2.31. The molecule has 5 heteroatoms. The van der Waals surface area contributed by atoms with Crippen LogP contribution in [0.1, 0.15) is 21.5 Å². The molecule has 2 N–H and O–H groups in total. The summed E-state index contributed by atoms with van der Waals surface area (Å²) in [6.07, 6.45) is 0. The number of benzene rings is 1. The van der Waals surface area contributed by atoms with E-state index in [1.165, 1.54) is 13.0 Å². The number of aryl methyl sites for hydroxylation is 1. The average Bonchev–Trinajstić information content (AvgIpc) is 2.15. The van der Waals surface area contributed by atoms with E-state index < -0.39 is 11.8 Å². The first-order valence-corrected chi connectivity index (χ1v) is 4.50. The van der Waals surface area contributed by atoms with Gasteiger partial charge >= 0.3 is 5.97 Å². The Kier molecular flexibility index (Phi) is 3.00. The lowest BCUT2D eigenvalue weighted by molar-refractivity contribution is -0.131. The van der Waals surface area contributed by atoms with Gasteiger partial charge in [0.1, 0.15) is 5.75 Å². The van der Waals surface area contributed by atoms with Gasteiger partial charge in [-0.2, -0.15) is 0 Å². The molecule has 0 heterocycles. The standard InChI is InChI=1S/C10H9ClO4/c1-4-3-6(11)5(2)7(8(4)12)9(13)10(14)15/h3,12H,1-2H3,(H,14,15). The number of hydrogen-bond donors (Lipinski definition) is 2. The molecule has 0 atom stereocenters. The lowest BCUT2D eigenvalue weighted by atomic mass is 10.00. The van der Waals surface area contributed by atoms with Crippen LogP contribution in [0.5, 0.6) is 5.75 Å². The number of hydrogen-bond acceptors (Lipinski definition) is 3. The number of Topliss-reactive ketones (excluding diaryl/α,β-unsaturated/α-hetero) is 1. The van der Waals surface area contributed by atoms with Crippen LogP contribution < -0.4 is 0 Å². The topological polar surface area (TPSA) is 74.6 Å². The second-order valence-electron chi connectivity index (χ2n) is 3.16. The van der Waals surface area contributed by atoms with Crippen molar-refractivity contribution in [1.29, 1.82) is 0 Å². The second kappa shape index (κ2) is 3.90. The molecule has 0 aliphatic rings. The molecule has 0 aliphatic carbocycles. The molecule has 0 bridgehead atoms. The summed E-state index contributed by atoms with van der Waals surface area (Å²) in [7, 11) is 0. The Bertz CT molecular complexity index is 425. The van der Waals surface area contributed by atoms with Gasteiger partial charge in [-0.05, 0) is 31.0 Å². The first-order valence-electron chi connectivity index (χ1n) is 4.12. The fourth-order valence-electron chi connectivity index (χ4n) is 1.25. The minimum atomic E-state index is -1.62. The Morgan fingerprint density at radius 2 is 1.87 bits per heavy atom. The van der Waals surface area contributed by atoms with Gasteiger partial charge in [0.2, 0.25) is 0 Å². The molecular formula is C10H9ClO4. The summed E-state index contributed by atoms with van der Waals surface area (Å²) in [6, 6.07) is 1.48. The molecule has 80 valence electrons. The quantitative estimate of drug-likeness (QED) is 0.599. The number of phenols is 1. The largest absolute Gasteiger partial charge is 0.507 e. The number of halogens is 1. The van der Waals surface area contributed by atoms with Gasteiger partial charge in [-0.3, -0.25) is 4.79 Å². The molecule has 4 nitrogen and oxygen atoms in total. The van der Waals surface area contributed by atoms with E-state index in [1.807, 2.05) is 0 Å². The van der Waals surface area contributed by atoms with Crippen molar-refractivity contribution in [1.82, 2.24) is 0 Å². The molecule has 0 saturated carbocycles. The van der Waals surface area contributed by atoms with E-state index in [4.69, 9.17) is 16.7 Å². The minimum Gasteiger partial charge on any atom is -0.507 e. The number of rotatable bonds is 2. The molecule has 1 aromatic rings. The number of phenolic OH excluding ortho intramolecular Hbond substituents is 1. The Balaban J connectivity index is 3.53. The van der Waals surface area contributed by atoms with E-state index >= 15 is 0 Å². The van der Waals surface area contributed by atoms with Crippen molar-refractivity contribution >= 4 is 23.4 Å². The zero-order chi connectivity index (χ0) is 11.7. The van der Waals surface area contributed by atoms with E-state index in [2.05, 4.69) is 0 Å². The number of carboxylic acids is 1. The highest BCUT2D eigenvalue weighted by molar-refractivity contribution is 6.42. The number of carbonyl (C=O) groups excluding carboxylic acids is 1. The average molecular weight is 229 g/mol. The Morgan fingerprint density at radius 1 is 1.33 bits per heavy atom. The highest BCUT2D eigenvalue weighted by atomic mass is 35.5. The Morgan fingerprint density at radius 3 is 2.33 bits per heavy atom. The number of carbonyl (C=O) groups is 2. The number of aromatic hydroxyl groups is 1. The number of aliphatic carboxylic acids is 1. The van der Waals surface area contributed by atoms with Gasteiger partial charge in [-0.15, -0.1) is 0 Å². The summed E-state index contributed by atoms with van der Waals surface area (Å²) in [5.74, 6) is -3.10. The summed E-state index contributed by atoms with van der Waals surface area (Å²) in [5, 5.41) is 18.4. The van der Waals surface area contributed by atoms with Crippen molar-refractivity contribution in [3.63, 3.8) is 0 Å². The minimum absolute atomic E-state index is 0.243. The molecule has 0 spiro atoms. The molecule has 0 aliphatic heterocycles. The van der Waals surface area contributed by atoms with Crippen molar-refractivity contribution < 1.29 is 19.8 Å². The van der Waals surface area contributed by atoms with Crippen LogP contribution >= 0.6 is 11.6 Å². The summed E-state index contributed by atoms with van der Waals surface area (Å²) < 4.78 is 0.